The van der Waals surface area contributed by atoms with E-state index < -0.39 is 0 Å². The Bertz CT molecular complexity index is 342. The second kappa shape index (κ2) is 4.84. The molecular formula is C13H16OS. The van der Waals surface area contributed by atoms with Crippen LogP contribution in [0.4, 0.5) is 0 Å². The van der Waals surface area contributed by atoms with Crippen LogP contribution in [0.3, 0.4) is 0 Å². The quantitative estimate of drug-likeness (QED) is 0.757. The first-order chi connectivity index (χ1) is 7.25. The maximum Gasteiger partial charge on any atom is 0.146 e. The number of hydrogen-bond donors (Lipinski definition) is 0. The van der Waals surface area contributed by atoms with E-state index in [1.165, 1.54) is 16.9 Å². The van der Waals surface area contributed by atoms with E-state index in [1.807, 2.05) is 0 Å². The Labute approximate surface area is 95.3 Å². The molecule has 15 heavy (non-hydrogen) atoms. The number of benzene rings is 1. The zero-order valence-electron chi connectivity index (χ0n) is 9.03. The topological polar surface area (TPSA) is 17.1 Å². The van der Waals surface area contributed by atoms with Gasteiger partial charge in [-0.15, -0.1) is 11.8 Å². The highest BCUT2D eigenvalue weighted by Crippen LogP contribution is 2.31. The minimum atomic E-state index is 0.210. The molecule has 1 nitrogen and oxygen atoms in total. The van der Waals surface area contributed by atoms with Gasteiger partial charge in [-0.25, -0.2) is 0 Å². The normalized spacial score (nSPS) is 21.7. The molecule has 1 aromatic rings. The zero-order chi connectivity index (χ0) is 10.7. The number of carbonyl (C=O) groups excluding carboxylic acids is 1. The van der Waals surface area contributed by atoms with Crippen LogP contribution in [0.2, 0.25) is 0 Å². The van der Waals surface area contributed by atoms with Gasteiger partial charge in [-0.05, 0) is 31.9 Å². The molecule has 0 bridgehead atoms. The monoisotopic (exact) mass is 220 g/mol. The summed E-state index contributed by atoms with van der Waals surface area (Å²) >= 11 is 1.73. The summed E-state index contributed by atoms with van der Waals surface area (Å²) in [6.07, 6.45) is 4.12. The number of ketones is 1. The molecule has 1 aliphatic rings. The Kier molecular flexibility index (Phi) is 3.47. The van der Waals surface area contributed by atoms with Gasteiger partial charge in [0.2, 0.25) is 0 Å². The van der Waals surface area contributed by atoms with Crippen LogP contribution in [0.1, 0.15) is 31.2 Å². The van der Waals surface area contributed by atoms with Crippen molar-refractivity contribution in [3.63, 3.8) is 0 Å². The average Bonchev–Trinajstić information content (AvgIpc) is 2.25. The molecule has 2 rings (SSSR count). The number of aryl methyl sites for hydroxylation is 1. The third kappa shape index (κ3) is 2.85. The SMILES string of the molecule is Cc1ccc(SC2CCCCC2=O)cc1. The molecule has 0 heterocycles. The lowest BCUT2D eigenvalue weighted by Crippen LogP contribution is -2.21. The van der Waals surface area contributed by atoms with Crippen molar-refractivity contribution in [1.82, 2.24) is 0 Å². The fraction of sp³-hybridized carbons (Fsp3) is 0.462. The van der Waals surface area contributed by atoms with E-state index >= 15 is 0 Å². The first-order valence-electron chi connectivity index (χ1n) is 5.52. The van der Waals surface area contributed by atoms with Gasteiger partial charge in [0.25, 0.3) is 0 Å². The van der Waals surface area contributed by atoms with Crippen molar-refractivity contribution in [2.45, 2.75) is 42.8 Å². The van der Waals surface area contributed by atoms with E-state index in [0.717, 1.165) is 19.3 Å². The van der Waals surface area contributed by atoms with Crippen LogP contribution >= 0.6 is 11.8 Å². The van der Waals surface area contributed by atoms with Gasteiger partial charge >= 0.3 is 0 Å². The van der Waals surface area contributed by atoms with Crippen LogP contribution in [0.25, 0.3) is 0 Å². The van der Waals surface area contributed by atoms with Gasteiger partial charge in [0.1, 0.15) is 5.78 Å². The summed E-state index contributed by atoms with van der Waals surface area (Å²) in [7, 11) is 0. The van der Waals surface area contributed by atoms with Crippen LogP contribution in [0.15, 0.2) is 29.2 Å². The molecule has 1 unspecified atom stereocenters. The van der Waals surface area contributed by atoms with E-state index in [2.05, 4.69) is 31.2 Å². The molecule has 0 N–H and O–H groups in total. The highest BCUT2D eigenvalue weighted by Gasteiger charge is 2.22. The van der Waals surface area contributed by atoms with Gasteiger partial charge in [0.15, 0.2) is 0 Å². The molecular weight excluding hydrogens is 204 g/mol. The maximum atomic E-state index is 11.6. The minimum absolute atomic E-state index is 0.210. The summed E-state index contributed by atoms with van der Waals surface area (Å²) in [5, 5.41) is 0.210. The van der Waals surface area contributed by atoms with E-state index in [-0.39, 0.29) is 5.25 Å². The second-order valence-electron chi connectivity index (χ2n) is 4.13. The molecule has 80 valence electrons. The van der Waals surface area contributed by atoms with Crippen LogP contribution in [0, 0.1) is 6.92 Å². The van der Waals surface area contributed by atoms with Crippen molar-refractivity contribution in [3.8, 4) is 0 Å². The summed E-state index contributed by atoms with van der Waals surface area (Å²) in [6.45, 7) is 2.08. The van der Waals surface area contributed by atoms with Crippen molar-refractivity contribution in [3.05, 3.63) is 29.8 Å². The third-order valence-corrected chi connectivity index (χ3v) is 4.13. The lowest BCUT2D eigenvalue weighted by molar-refractivity contribution is -0.119. The Morgan fingerprint density at radius 1 is 1.20 bits per heavy atom. The predicted octanol–water partition coefficient (Wildman–Crippen LogP) is 3.60. The fourth-order valence-corrected chi connectivity index (χ4v) is 3.01. The highest BCUT2D eigenvalue weighted by atomic mass is 32.2. The van der Waals surface area contributed by atoms with Crippen LogP contribution in [-0.4, -0.2) is 11.0 Å². The average molecular weight is 220 g/mol. The van der Waals surface area contributed by atoms with Crippen molar-refractivity contribution < 1.29 is 4.79 Å². The molecule has 0 amide bonds. The van der Waals surface area contributed by atoms with E-state index in [9.17, 15) is 4.79 Å². The van der Waals surface area contributed by atoms with Crippen LogP contribution in [-0.2, 0) is 4.79 Å². The van der Waals surface area contributed by atoms with Gasteiger partial charge in [-0.1, -0.05) is 24.1 Å². The van der Waals surface area contributed by atoms with Gasteiger partial charge in [-0.3, -0.25) is 4.79 Å². The largest absolute Gasteiger partial charge is 0.298 e. The van der Waals surface area contributed by atoms with E-state index in [4.69, 9.17) is 0 Å². The lowest BCUT2D eigenvalue weighted by Gasteiger charge is -2.19. The van der Waals surface area contributed by atoms with E-state index in [1.54, 1.807) is 11.8 Å². The summed E-state index contributed by atoms with van der Waals surface area (Å²) < 4.78 is 0. The van der Waals surface area contributed by atoms with Gasteiger partial charge < -0.3 is 0 Å². The molecule has 0 spiro atoms. The van der Waals surface area contributed by atoms with Gasteiger partial charge in [0.05, 0.1) is 5.25 Å². The zero-order valence-corrected chi connectivity index (χ0v) is 9.85. The smallest absolute Gasteiger partial charge is 0.146 e. The number of carbonyl (C=O) groups is 1. The van der Waals surface area contributed by atoms with Crippen molar-refractivity contribution in [1.29, 1.82) is 0 Å². The molecule has 1 aliphatic carbocycles. The molecule has 1 saturated carbocycles. The summed E-state index contributed by atoms with van der Waals surface area (Å²) in [6, 6.07) is 8.44. The van der Waals surface area contributed by atoms with Crippen molar-refractivity contribution in [2.24, 2.45) is 0 Å². The Morgan fingerprint density at radius 3 is 2.60 bits per heavy atom. The molecule has 0 saturated heterocycles. The fourth-order valence-electron chi connectivity index (χ4n) is 1.86. The van der Waals surface area contributed by atoms with Gasteiger partial charge in [-0.2, -0.15) is 0 Å². The first-order valence-corrected chi connectivity index (χ1v) is 6.40. The Hall–Kier alpha value is -0.760. The number of Topliss-reactive ketones (excluding diaryl/α,β-unsaturated/α-hetero) is 1. The Morgan fingerprint density at radius 2 is 1.93 bits per heavy atom. The van der Waals surface area contributed by atoms with Crippen LogP contribution < -0.4 is 0 Å². The number of rotatable bonds is 2. The molecule has 1 aromatic carbocycles. The number of hydrogen-bond acceptors (Lipinski definition) is 2. The summed E-state index contributed by atoms with van der Waals surface area (Å²) in [4.78, 5) is 12.9. The Balaban J connectivity index is 2.01. The number of thioether (sulfide) groups is 1. The van der Waals surface area contributed by atoms with Crippen molar-refractivity contribution >= 4 is 17.5 Å². The molecule has 2 heteroatoms. The second-order valence-corrected chi connectivity index (χ2v) is 5.41. The third-order valence-electron chi connectivity index (χ3n) is 2.80. The van der Waals surface area contributed by atoms with Crippen LogP contribution in [0.5, 0.6) is 0 Å². The predicted molar refractivity (Wildman–Crippen MR) is 64.3 cm³/mol. The summed E-state index contributed by atoms with van der Waals surface area (Å²) in [5.74, 6) is 0.437. The standard InChI is InChI=1S/C13H16OS/c1-10-6-8-11(9-7-10)15-13-5-3-2-4-12(13)14/h6-9,13H,2-5H2,1H3. The molecule has 0 aromatic heterocycles. The van der Waals surface area contributed by atoms with Crippen molar-refractivity contribution in [2.75, 3.05) is 0 Å². The summed E-state index contributed by atoms with van der Waals surface area (Å²) in [5.41, 5.74) is 1.27. The van der Waals surface area contributed by atoms with Gasteiger partial charge in [0, 0.05) is 11.3 Å². The highest BCUT2D eigenvalue weighted by molar-refractivity contribution is 8.00. The molecule has 0 aliphatic heterocycles. The maximum absolute atomic E-state index is 11.6. The van der Waals surface area contributed by atoms with E-state index in [0.29, 0.717) is 5.78 Å². The minimum Gasteiger partial charge on any atom is -0.298 e. The lowest BCUT2D eigenvalue weighted by atomic mass is 9.99. The first kappa shape index (κ1) is 10.7. The molecule has 1 fully saturated rings. The molecule has 0 radical (unpaired) electrons. The molecule has 1 atom stereocenters.